The lowest BCUT2D eigenvalue weighted by Gasteiger charge is -2.34. The molecular formula is C14H27N3O. The minimum atomic E-state index is -0.200. The van der Waals surface area contributed by atoms with Gasteiger partial charge in [0.15, 0.2) is 0 Å². The fraction of sp³-hybridized carbons (Fsp3) is 0.929. The highest BCUT2D eigenvalue weighted by Crippen LogP contribution is 2.26. The van der Waals surface area contributed by atoms with Crippen molar-refractivity contribution >= 4 is 5.91 Å². The third-order valence-electron chi connectivity index (χ3n) is 4.47. The van der Waals surface area contributed by atoms with Gasteiger partial charge in [-0.3, -0.25) is 9.69 Å². The summed E-state index contributed by atoms with van der Waals surface area (Å²) in [7, 11) is 0. The van der Waals surface area contributed by atoms with E-state index < -0.39 is 0 Å². The van der Waals surface area contributed by atoms with Crippen molar-refractivity contribution < 1.29 is 4.79 Å². The highest BCUT2D eigenvalue weighted by molar-refractivity contribution is 5.80. The molecule has 0 aromatic heterocycles. The number of primary amides is 1. The van der Waals surface area contributed by atoms with Gasteiger partial charge in [-0.25, -0.2) is 0 Å². The highest BCUT2D eigenvalue weighted by Gasteiger charge is 2.32. The van der Waals surface area contributed by atoms with Crippen LogP contribution in [-0.2, 0) is 4.79 Å². The Morgan fingerprint density at radius 2 is 1.94 bits per heavy atom. The molecule has 4 nitrogen and oxygen atoms in total. The predicted octanol–water partition coefficient (Wildman–Crippen LogP) is 1.25. The molecule has 2 atom stereocenters. The molecule has 1 aliphatic carbocycles. The Bertz CT molecular complexity index is 287. The first-order valence-corrected chi connectivity index (χ1v) is 7.39. The van der Waals surface area contributed by atoms with E-state index in [0.29, 0.717) is 12.1 Å². The summed E-state index contributed by atoms with van der Waals surface area (Å²) in [5.41, 5.74) is 5.36. The fourth-order valence-electron chi connectivity index (χ4n) is 3.46. The highest BCUT2D eigenvalue weighted by atomic mass is 16.1. The molecule has 0 aromatic rings. The van der Waals surface area contributed by atoms with Crippen LogP contribution in [-0.4, -0.2) is 41.5 Å². The molecule has 2 rings (SSSR count). The first-order valence-electron chi connectivity index (χ1n) is 7.39. The van der Waals surface area contributed by atoms with Crippen LogP contribution >= 0.6 is 0 Å². The zero-order valence-electron chi connectivity index (χ0n) is 11.7. The average molecular weight is 253 g/mol. The first-order chi connectivity index (χ1) is 8.58. The first kappa shape index (κ1) is 13.8. The van der Waals surface area contributed by atoms with Crippen molar-refractivity contribution in [2.75, 3.05) is 6.54 Å². The van der Waals surface area contributed by atoms with E-state index in [9.17, 15) is 4.79 Å². The SMILES string of the molecule is CC(C)N(CC1CCC(C(N)=O)N1)C1CCCC1. The largest absolute Gasteiger partial charge is 0.368 e. The van der Waals surface area contributed by atoms with Crippen molar-refractivity contribution in [2.24, 2.45) is 5.73 Å². The van der Waals surface area contributed by atoms with Gasteiger partial charge in [-0.15, -0.1) is 0 Å². The molecule has 1 aliphatic heterocycles. The monoisotopic (exact) mass is 253 g/mol. The van der Waals surface area contributed by atoms with Gasteiger partial charge >= 0.3 is 0 Å². The van der Waals surface area contributed by atoms with Crippen LogP contribution in [0.1, 0.15) is 52.4 Å². The molecule has 1 saturated carbocycles. The molecule has 18 heavy (non-hydrogen) atoms. The van der Waals surface area contributed by atoms with E-state index >= 15 is 0 Å². The molecule has 0 radical (unpaired) electrons. The maximum atomic E-state index is 11.2. The van der Waals surface area contributed by atoms with Crippen molar-refractivity contribution in [2.45, 2.75) is 76.5 Å². The minimum Gasteiger partial charge on any atom is -0.368 e. The van der Waals surface area contributed by atoms with E-state index in [0.717, 1.165) is 25.4 Å². The van der Waals surface area contributed by atoms with E-state index in [-0.39, 0.29) is 11.9 Å². The predicted molar refractivity (Wildman–Crippen MR) is 73.2 cm³/mol. The lowest BCUT2D eigenvalue weighted by molar-refractivity contribution is -0.119. The van der Waals surface area contributed by atoms with Gasteiger partial charge in [0.25, 0.3) is 0 Å². The van der Waals surface area contributed by atoms with Gasteiger partial charge in [0.05, 0.1) is 6.04 Å². The third-order valence-corrected chi connectivity index (χ3v) is 4.47. The molecule has 4 heteroatoms. The quantitative estimate of drug-likeness (QED) is 0.775. The molecule has 0 spiro atoms. The van der Waals surface area contributed by atoms with Gasteiger partial charge in [-0.1, -0.05) is 12.8 Å². The van der Waals surface area contributed by atoms with Crippen LogP contribution in [0.4, 0.5) is 0 Å². The van der Waals surface area contributed by atoms with E-state index in [4.69, 9.17) is 5.73 Å². The fourth-order valence-corrected chi connectivity index (χ4v) is 3.46. The number of rotatable bonds is 5. The van der Waals surface area contributed by atoms with Gasteiger partial charge in [-0.05, 0) is 39.5 Å². The van der Waals surface area contributed by atoms with Crippen LogP contribution in [0.3, 0.4) is 0 Å². The van der Waals surface area contributed by atoms with E-state index in [1.807, 2.05) is 0 Å². The summed E-state index contributed by atoms with van der Waals surface area (Å²) in [4.78, 5) is 13.8. The zero-order chi connectivity index (χ0) is 13.1. The lowest BCUT2D eigenvalue weighted by atomic mass is 10.1. The number of carbonyl (C=O) groups excluding carboxylic acids is 1. The third kappa shape index (κ3) is 3.23. The Balaban J connectivity index is 1.87. The number of nitrogens with two attached hydrogens (primary N) is 1. The van der Waals surface area contributed by atoms with Crippen LogP contribution in [0.5, 0.6) is 0 Å². The molecule has 1 heterocycles. The number of nitrogens with zero attached hydrogens (tertiary/aromatic N) is 1. The smallest absolute Gasteiger partial charge is 0.234 e. The summed E-state index contributed by atoms with van der Waals surface area (Å²) < 4.78 is 0. The molecule has 0 aromatic carbocycles. The molecular weight excluding hydrogens is 226 g/mol. The molecule has 0 bridgehead atoms. The van der Waals surface area contributed by atoms with Crippen LogP contribution in [0.25, 0.3) is 0 Å². The maximum absolute atomic E-state index is 11.2. The normalized spacial score (nSPS) is 29.6. The second kappa shape index (κ2) is 6.02. The maximum Gasteiger partial charge on any atom is 0.234 e. The summed E-state index contributed by atoms with van der Waals surface area (Å²) in [6, 6.07) is 1.67. The van der Waals surface area contributed by atoms with E-state index in [1.165, 1.54) is 25.7 Å². The second-order valence-corrected chi connectivity index (χ2v) is 6.12. The Morgan fingerprint density at radius 1 is 1.28 bits per heavy atom. The number of hydrogen-bond donors (Lipinski definition) is 2. The second-order valence-electron chi connectivity index (χ2n) is 6.12. The van der Waals surface area contributed by atoms with Crippen LogP contribution in [0, 0.1) is 0 Å². The van der Waals surface area contributed by atoms with Crippen molar-refractivity contribution in [3.05, 3.63) is 0 Å². The molecule has 3 N–H and O–H groups in total. The Hall–Kier alpha value is -0.610. The summed E-state index contributed by atoms with van der Waals surface area (Å²) in [5, 5.41) is 3.38. The van der Waals surface area contributed by atoms with Crippen molar-refractivity contribution in [1.29, 1.82) is 0 Å². The van der Waals surface area contributed by atoms with Crippen LogP contribution in [0.15, 0.2) is 0 Å². The number of hydrogen-bond acceptors (Lipinski definition) is 3. The average Bonchev–Trinajstić information content (AvgIpc) is 2.96. The molecule has 2 unspecified atom stereocenters. The van der Waals surface area contributed by atoms with E-state index in [2.05, 4.69) is 24.1 Å². The lowest BCUT2D eigenvalue weighted by Crippen LogP contribution is -2.48. The summed E-state index contributed by atoms with van der Waals surface area (Å²) in [6.45, 7) is 5.61. The van der Waals surface area contributed by atoms with Crippen molar-refractivity contribution in [1.82, 2.24) is 10.2 Å². The summed E-state index contributed by atoms with van der Waals surface area (Å²) >= 11 is 0. The standard InChI is InChI=1S/C14H27N3O/c1-10(2)17(12-5-3-4-6-12)9-11-7-8-13(16-11)14(15)18/h10-13,16H,3-9H2,1-2H3,(H2,15,18). The zero-order valence-corrected chi connectivity index (χ0v) is 11.7. The molecule has 1 amide bonds. The Morgan fingerprint density at radius 3 is 2.44 bits per heavy atom. The topological polar surface area (TPSA) is 58.4 Å². The van der Waals surface area contributed by atoms with Gasteiger partial charge in [0.1, 0.15) is 0 Å². The van der Waals surface area contributed by atoms with Crippen molar-refractivity contribution in [3.8, 4) is 0 Å². The summed E-state index contributed by atoms with van der Waals surface area (Å²) in [6.07, 6.45) is 7.39. The van der Waals surface area contributed by atoms with Gasteiger partial charge in [0.2, 0.25) is 5.91 Å². The van der Waals surface area contributed by atoms with Crippen LogP contribution < -0.4 is 11.1 Å². The summed E-state index contributed by atoms with van der Waals surface area (Å²) in [5.74, 6) is -0.200. The molecule has 2 aliphatic rings. The molecule has 2 fully saturated rings. The minimum absolute atomic E-state index is 0.104. The van der Waals surface area contributed by atoms with Crippen LogP contribution in [0.2, 0.25) is 0 Å². The van der Waals surface area contributed by atoms with Gasteiger partial charge in [0, 0.05) is 24.7 Å². The van der Waals surface area contributed by atoms with Crippen molar-refractivity contribution in [3.63, 3.8) is 0 Å². The van der Waals surface area contributed by atoms with E-state index in [1.54, 1.807) is 0 Å². The molecule has 1 saturated heterocycles. The number of amides is 1. The molecule has 104 valence electrons. The Kier molecular flexibility index (Phi) is 4.62. The van der Waals surface area contributed by atoms with Gasteiger partial charge in [-0.2, -0.15) is 0 Å². The Labute approximate surface area is 110 Å². The number of carbonyl (C=O) groups is 1. The van der Waals surface area contributed by atoms with Gasteiger partial charge < -0.3 is 11.1 Å². The number of nitrogens with one attached hydrogen (secondary N) is 1.